The molecule has 5 heteroatoms. The highest BCUT2D eigenvalue weighted by Crippen LogP contribution is 1.60. The number of carbonyl (C=O) groups excluding carboxylic acids is 2. The normalized spacial score (nSPS) is 8.91. The van der Waals surface area contributed by atoms with Crippen molar-refractivity contribution in [2.45, 2.75) is 12.8 Å². The van der Waals surface area contributed by atoms with E-state index in [1.165, 1.54) is 0 Å². The Labute approximate surface area is 64.5 Å². The van der Waals surface area contributed by atoms with E-state index in [4.69, 9.17) is 15.5 Å². The van der Waals surface area contributed by atoms with Crippen LogP contribution in [0.25, 0.3) is 0 Å². The van der Waals surface area contributed by atoms with Crippen LogP contribution in [0.2, 0.25) is 0 Å². The Bertz CT molecular complexity index is 91.0. The smallest absolute Gasteiger partial charge is 0.320 e. The molecule has 0 saturated heterocycles. The maximum atomic E-state index is 9.24. The van der Waals surface area contributed by atoms with Crippen molar-refractivity contribution in [2.75, 3.05) is 13.2 Å². The second kappa shape index (κ2) is 16.0. The molecular weight excluding hydrogens is 152 g/mol. The largest absolute Gasteiger partial charge is 0.463 e. The molecule has 0 aliphatic rings. The minimum absolute atomic E-state index is 0.0243. The first kappa shape index (κ1) is 12.7. The van der Waals surface area contributed by atoms with Gasteiger partial charge in [-0.3, -0.25) is 0 Å². The van der Waals surface area contributed by atoms with Crippen LogP contribution in [0.3, 0.4) is 0 Å². The Morgan fingerprint density at radius 2 is 1.82 bits per heavy atom. The average molecular weight is 164 g/mol. The molecule has 0 bridgehead atoms. The molecule has 0 aromatic carbocycles. The van der Waals surface area contributed by atoms with Crippen molar-refractivity contribution in [3.8, 4) is 0 Å². The number of rotatable bonds is 4. The van der Waals surface area contributed by atoms with Gasteiger partial charge >= 0.3 is 6.29 Å². The Morgan fingerprint density at radius 3 is 1.91 bits per heavy atom. The molecule has 66 valence electrons. The fourth-order valence-electron chi connectivity index (χ4n) is 0.154. The molecule has 0 aromatic rings. The maximum Gasteiger partial charge on any atom is 0.320 e. The summed E-state index contributed by atoms with van der Waals surface area (Å²) in [6.07, 6.45) is 2.25. The molecule has 0 heterocycles. The lowest BCUT2D eigenvalue weighted by Gasteiger charge is -1.70. The minimum atomic E-state index is -0.0256. The van der Waals surface area contributed by atoms with Gasteiger partial charge in [0.15, 0.2) is 0 Å². The topological polar surface area (TPSA) is 91.9 Å². The Kier molecular flexibility index (Phi) is 18.5. The third-order valence-electron chi connectivity index (χ3n) is 0.562. The number of aldehydes is 2. The highest BCUT2D eigenvalue weighted by Gasteiger charge is 1.77. The van der Waals surface area contributed by atoms with E-state index in [0.717, 1.165) is 6.29 Å². The molecule has 0 rings (SSSR count). The highest BCUT2D eigenvalue weighted by atomic mass is 17.1. The zero-order valence-electron chi connectivity index (χ0n) is 6.10. The number of aliphatic hydroxyl groups excluding tert-OH is 2. The Hall–Kier alpha value is -0.940. The standard InChI is InChI=1S/C3H6O3.C3H6O2/c4-2-1-3-6-5;4-2-1-3-5/h3-4H,1-2H2;2,5H,1,3H2. The van der Waals surface area contributed by atoms with Gasteiger partial charge in [0.05, 0.1) is 13.0 Å². The van der Waals surface area contributed by atoms with Crippen LogP contribution < -0.4 is 5.26 Å². The Morgan fingerprint density at radius 1 is 1.27 bits per heavy atom. The van der Waals surface area contributed by atoms with Gasteiger partial charge in [0, 0.05) is 13.0 Å². The van der Waals surface area contributed by atoms with Crippen LogP contribution in [0.5, 0.6) is 0 Å². The predicted octanol–water partition coefficient (Wildman–Crippen LogP) is -2.05. The van der Waals surface area contributed by atoms with E-state index < -0.39 is 0 Å². The van der Waals surface area contributed by atoms with Gasteiger partial charge in [0.2, 0.25) is 0 Å². The first-order chi connectivity index (χ1) is 5.33. The molecule has 0 saturated carbocycles. The SMILES string of the molecule is O=CCCO.[O-][O+]=CCCO. The molecule has 0 spiro atoms. The summed E-state index contributed by atoms with van der Waals surface area (Å²) in [6.45, 7) is -0.0499. The van der Waals surface area contributed by atoms with Crippen molar-refractivity contribution < 1.29 is 24.8 Å². The Balaban J connectivity index is 0. The van der Waals surface area contributed by atoms with Crippen LogP contribution in [-0.2, 0) is 9.37 Å². The molecule has 2 N–H and O–H groups in total. The molecule has 0 aromatic heterocycles. The third kappa shape index (κ3) is 27.4. The van der Waals surface area contributed by atoms with Crippen LogP contribution in [0.15, 0.2) is 0 Å². The second-order valence-corrected chi connectivity index (χ2v) is 1.45. The van der Waals surface area contributed by atoms with E-state index >= 15 is 0 Å². The van der Waals surface area contributed by atoms with E-state index in [-0.39, 0.29) is 19.6 Å². The number of carbonyl (C=O) groups is 1. The lowest BCUT2D eigenvalue weighted by Crippen LogP contribution is -1.97. The van der Waals surface area contributed by atoms with Crippen LogP contribution in [-0.4, -0.2) is 36.0 Å². The third-order valence-corrected chi connectivity index (χ3v) is 0.562. The van der Waals surface area contributed by atoms with Crippen LogP contribution in [0, 0.1) is 0 Å². The predicted molar refractivity (Wildman–Crippen MR) is 35.5 cm³/mol. The summed E-state index contributed by atoms with van der Waals surface area (Å²) in [6, 6.07) is 0. The summed E-state index contributed by atoms with van der Waals surface area (Å²) in [4.78, 5) is 9.24. The summed E-state index contributed by atoms with van der Waals surface area (Å²) in [5, 5.41) is 24.8. The van der Waals surface area contributed by atoms with Gasteiger partial charge in [-0.25, -0.2) is 0 Å². The zero-order valence-corrected chi connectivity index (χ0v) is 6.10. The molecular formula is C6H12O5. The zero-order chi connectivity index (χ0) is 8.95. The summed E-state index contributed by atoms with van der Waals surface area (Å²) < 4.78 is 3.25. The summed E-state index contributed by atoms with van der Waals surface area (Å²) in [5.41, 5.74) is 0. The van der Waals surface area contributed by atoms with Crippen molar-refractivity contribution in [2.24, 2.45) is 0 Å². The molecule has 5 nitrogen and oxygen atoms in total. The molecule has 0 aliphatic heterocycles. The average Bonchev–Trinajstić information content (AvgIpc) is 2.04. The van der Waals surface area contributed by atoms with Crippen LogP contribution >= 0.6 is 0 Å². The van der Waals surface area contributed by atoms with Gasteiger partial charge in [0.1, 0.15) is 6.29 Å². The summed E-state index contributed by atoms with van der Waals surface area (Å²) in [7, 11) is 0. The van der Waals surface area contributed by atoms with Crippen molar-refractivity contribution in [1.82, 2.24) is 0 Å². The highest BCUT2D eigenvalue weighted by molar-refractivity contribution is 5.49. The molecule has 0 radical (unpaired) electrons. The lowest BCUT2D eigenvalue weighted by atomic mass is 10.5. The fourth-order valence-corrected chi connectivity index (χ4v) is 0.154. The van der Waals surface area contributed by atoms with Gasteiger partial charge in [-0.2, -0.15) is 4.58 Å². The summed E-state index contributed by atoms with van der Waals surface area (Å²) in [5.74, 6) is 0. The van der Waals surface area contributed by atoms with E-state index in [1.807, 2.05) is 0 Å². The number of hydrogen-bond acceptors (Lipinski definition) is 4. The molecule has 0 amide bonds. The van der Waals surface area contributed by atoms with Crippen LogP contribution in [0.4, 0.5) is 0 Å². The minimum Gasteiger partial charge on any atom is -0.463 e. The molecule has 11 heavy (non-hydrogen) atoms. The second-order valence-electron chi connectivity index (χ2n) is 1.45. The quantitative estimate of drug-likeness (QED) is 0.216. The molecule has 0 aliphatic carbocycles. The van der Waals surface area contributed by atoms with Crippen molar-refractivity contribution in [3.05, 3.63) is 0 Å². The van der Waals surface area contributed by atoms with E-state index in [2.05, 4.69) is 4.58 Å². The van der Waals surface area contributed by atoms with E-state index in [9.17, 15) is 4.79 Å². The summed E-state index contributed by atoms with van der Waals surface area (Å²) >= 11 is 0. The monoisotopic (exact) mass is 164 g/mol. The molecule has 0 unspecified atom stereocenters. The maximum absolute atomic E-state index is 9.24. The van der Waals surface area contributed by atoms with Crippen molar-refractivity contribution >= 4 is 12.6 Å². The van der Waals surface area contributed by atoms with Crippen molar-refractivity contribution in [3.63, 3.8) is 0 Å². The first-order valence-corrected chi connectivity index (χ1v) is 3.09. The van der Waals surface area contributed by atoms with Gasteiger partial charge < -0.3 is 20.3 Å². The van der Waals surface area contributed by atoms with E-state index in [0.29, 0.717) is 12.7 Å². The van der Waals surface area contributed by atoms with E-state index in [1.54, 1.807) is 0 Å². The molecule has 0 fully saturated rings. The number of aliphatic hydroxyl groups is 2. The van der Waals surface area contributed by atoms with Crippen molar-refractivity contribution in [1.29, 1.82) is 0 Å². The van der Waals surface area contributed by atoms with Crippen LogP contribution in [0.1, 0.15) is 12.8 Å². The van der Waals surface area contributed by atoms with Gasteiger partial charge in [-0.05, 0) is 0 Å². The number of hydrogen-bond donors (Lipinski definition) is 2. The van der Waals surface area contributed by atoms with Gasteiger partial charge in [0.25, 0.3) is 0 Å². The van der Waals surface area contributed by atoms with Gasteiger partial charge in [-0.1, -0.05) is 0 Å². The lowest BCUT2D eigenvalue weighted by molar-refractivity contribution is -1.04. The molecule has 0 atom stereocenters. The fraction of sp³-hybridized carbons (Fsp3) is 0.667. The first-order valence-electron chi connectivity index (χ1n) is 3.09. The van der Waals surface area contributed by atoms with Gasteiger partial charge in [-0.15, -0.1) is 0 Å².